The Labute approximate surface area is 132 Å². The summed E-state index contributed by atoms with van der Waals surface area (Å²) in [5.41, 5.74) is 1.15. The van der Waals surface area contributed by atoms with Crippen LogP contribution in [0.5, 0.6) is 0 Å². The summed E-state index contributed by atoms with van der Waals surface area (Å²) in [6.45, 7) is 3.00. The molecule has 0 aliphatic heterocycles. The summed E-state index contributed by atoms with van der Waals surface area (Å²) in [6.07, 6.45) is 0. The summed E-state index contributed by atoms with van der Waals surface area (Å²) in [7, 11) is 0. The van der Waals surface area contributed by atoms with E-state index in [1.54, 1.807) is 31.2 Å². The number of hydrogen-bond donors (Lipinski definition) is 2. The van der Waals surface area contributed by atoms with Gasteiger partial charge < -0.3 is 10.6 Å². The molecule has 2 aromatic carbocycles. The molecule has 0 radical (unpaired) electrons. The lowest BCUT2D eigenvalue weighted by Crippen LogP contribution is -2.27. The van der Waals surface area contributed by atoms with E-state index < -0.39 is 23.6 Å². The van der Waals surface area contributed by atoms with Gasteiger partial charge in [-0.25, -0.2) is 8.78 Å². The van der Waals surface area contributed by atoms with Crippen LogP contribution in [0, 0.1) is 11.6 Å². The molecule has 1 unspecified atom stereocenters. The molecule has 0 aliphatic rings. The van der Waals surface area contributed by atoms with Crippen molar-refractivity contribution in [2.24, 2.45) is 0 Å². The van der Waals surface area contributed by atoms with Crippen LogP contribution >= 0.6 is 0 Å². The third-order valence-electron chi connectivity index (χ3n) is 3.24. The summed E-state index contributed by atoms with van der Waals surface area (Å²) < 4.78 is 26.6. The number of carbonyl (C=O) groups excluding carboxylic acids is 2. The first kappa shape index (κ1) is 16.6. The van der Waals surface area contributed by atoms with Crippen LogP contribution in [0.3, 0.4) is 0 Å². The van der Waals surface area contributed by atoms with Gasteiger partial charge in [-0.2, -0.15) is 0 Å². The summed E-state index contributed by atoms with van der Waals surface area (Å²) >= 11 is 0. The number of rotatable bonds is 4. The van der Waals surface area contributed by atoms with Gasteiger partial charge in [0, 0.05) is 29.8 Å². The van der Waals surface area contributed by atoms with E-state index in [-0.39, 0.29) is 11.5 Å². The summed E-state index contributed by atoms with van der Waals surface area (Å²) in [4.78, 5) is 23.1. The SMILES string of the molecule is CC(=O)Nc1ccc(C(=O)NC(C)c2ccc(F)cc2F)cc1. The van der Waals surface area contributed by atoms with Gasteiger partial charge in [0.2, 0.25) is 5.91 Å². The van der Waals surface area contributed by atoms with E-state index in [0.717, 1.165) is 12.1 Å². The maximum absolute atomic E-state index is 13.7. The molecule has 1 atom stereocenters. The molecule has 2 N–H and O–H groups in total. The molecule has 0 aliphatic carbocycles. The molecule has 2 amide bonds. The second-order valence-electron chi connectivity index (χ2n) is 5.12. The average molecular weight is 318 g/mol. The van der Waals surface area contributed by atoms with Crippen molar-refractivity contribution < 1.29 is 18.4 Å². The van der Waals surface area contributed by atoms with Crippen LogP contribution < -0.4 is 10.6 Å². The fourth-order valence-electron chi connectivity index (χ4n) is 2.12. The van der Waals surface area contributed by atoms with E-state index in [1.807, 2.05) is 0 Å². The zero-order valence-corrected chi connectivity index (χ0v) is 12.7. The zero-order chi connectivity index (χ0) is 17.0. The van der Waals surface area contributed by atoms with Crippen LogP contribution in [-0.4, -0.2) is 11.8 Å². The van der Waals surface area contributed by atoms with Gasteiger partial charge in [0.05, 0.1) is 6.04 Å². The van der Waals surface area contributed by atoms with E-state index >= 15 is 0 Å². The third kappa shape index (κ3) is 4.35. The van der Waals surface area contributed by atoms with Gasteiger partial charge in [0.25, 0.3) is 5.91 Å². The van der Waals surface area contributed by atoms with Crippen molar-refractivity contribution in [3.05, 3.63) is 65.2 Å². The van der Waals surface area contributed by atoms with Gasteiger partial charge in [0.15, 0.2) is 0 Å². The lowest BCUT2D eigenvalue weighted by atomic mass is 10.1. The number of halogens is 2. The van der Waals surface area contributed by atoms with Crippen LogP contribution in [0.2, 0.25) is 0 Å². The van der Waals surface area contributed by atoms with Crippen molar-refractivity contribution in [1.29, 1.82) is 0 Å². The van der Waals surface area contributed by atoms with Crippen LogP contribution in [0.1, 0.15) is 35.8 Å². The maximum Gasteiger partial charge on any atom is 0.251 e. The minimum atomic E-state index is -0.709. The fourth-order valence-corrected chi connectivity index (χ4v) is 2.12. The Hall–Kier alpha value is -2.76. The van der Waals surface area contributed by atoms with E-state index in [2.05, 4.69) is 10.6 Å². The molecule has 2 aromatic rings. The molecule has 0 spiro atoms. The highest BCUT2D eigenvalue weighted by Gasteiger charge is 2.15. The first-order valence-electron chi connectivity index (χ1n) is 7.00. The first-order valence-corrected chi connectivity index (χ1v) is 7.00. The first-order chi connectivity index (χ1) is 10.9. The monoisotopic (exact) mass is 318 g/mol. The molecule has 0 bridgehead atoms. The lowest BCUT2D eigenvalue weighted by molar-refractivity contribution is -0.114. The molecule has 4 nitrogen and oxygen atoms in total. The highest BCUT2D eigenvalue weighted by atomic mass is 19.1. The van der Waals surface area contributed by atoms with Gasteiger partial charge in [0.1, 0.15) is 11.6 Å². The van der Waals surface area contributed by atoms with Crippen molar-refractivity contribution in [1.82, 2.24) is 5.32 Å². The van der Waals surface area contributed by atoms with E-state index in [1.165, 1.54) is 13.0 Å². The minimum Gasteiger partial charge on any atom is -0.345 e. The Morgan fingerprint density at radius 1 is 1.04 bits per heavy atom. The maximum atomic E-state index is 13.7. The molecular formula is C17H16F2N2O2. The number of anilines is 1. The zero-order valence-electron chi connectivity index (χ0n) is 12.7. The molecule has 2 rings (SSSR count). The van der Waals surface area contributed by atoms with E-state index in [0.29, 0.717) is 11.3 Å². The molecule has 0 heterocycles. The molecule has 0 aromatic heterocycles. The van der Waals surface area contributed by atoms with Gasteiger partial charge in [-0.05, 0) is 37.3 Å². The number of benzene rings is 2. The molecule has 0 saturated carbocycles. The van der Waals surface area contributed by atoms with Crippen LogP contribution in [-0.2, 0) is 4.79 Å². The van der Waals surface area contributed by atoms with Crippen molar-refractivity contribution in [2.45, 2.75) is 19.9 Å². The van der Waals surface area contributed by atoms with Gasteiger partial charge in [-0.15, -0.1) is 0 Å². The molecule has 120 valence electrons. The van der Waals surface area contributed by atoms with Crippen molar-refractivity contribution in [2.75, 3.05) is 5.32 Å². The van der Waals surface area contributed by atoms with Gasteiger partial charge >= 0.3 is 0 Å². The second-order valence-corrected chi connectivity index (χ2v) is 5.12. The Morgan fingerprint density at radius 3 is 2.26 bits per heavy atom. The number of carbonyl (C=O) groups is 2. The summed E-state index contributed by atoms with van der Waals surface area (Å²) in [6, 6.07) is 8.90. The van der Waals surface area contributed by atoms with Gasteiger partial charge in [-0.3, -0.25) is 9.59 Å². The van der Waals surface area contributed by atoms with Crippen LogP contribution in [0.15, 0.2) is 42.5 Å². The standard InChI is InChI=1S/C17H16F2N2O2/c1-10(15-8-5-13(18)9-16(15)19)20-17(23)12-3-6-14(7-4-12)21-11(2)22/h3-10H,1-2H3,(H,20,23)(H,21,22). The Bertz CT molecular complexity index is 730. The predicted molar refractivity (Wildman–Crippen MR) is 83.0 cm³/mol. The average Bonchev–Trinajstić information content (AvgIpc) is 2.47. The highest BCUT2D eigenvalue weighted by molar-refractivity contribution is 5.95. The van der Waals surface area contributed by atoms with E-state index in [9.17, 15) is 18.4 Å². The molecule has 6 heteroatoms. The Balaban J connectivity index is 2.07. The normalized spacial score (nSPS) is 11.7. The number of hydrogen-bond acceptors (Lipinski definition) is 2. The number of amides is 2. The quantitative estimate of drug-likeness (QED) is 0.907. The van der Waals surface area contributed by atoms with Crippen molar-refractivity contribution in [3.63, 3.8) is 0 Å². The third-order valence-corrected chi connectivity index (χ3v) is 3.24. The van der Waals surface area contributed by atoms with E-state index in [4.69, 9.17) is 0 Å². The summed E-state index contributed by atoms with van der Waals surface area (Å²) in [5.74, 6) is -1.98. The minimum absolute atomic E-state index is 0.203. The van der Waals surface area contributed by atoms with Gasteiger partial charge in [-0.1, -0.05) is 6.07 Å². The molecule has 0 saturated heterocycles. The van der Waals surface area contributed by atoms with Crippen LogP contribution in [0.4, 0.5) is 14.5 Å². The topological polar surface area (TPSA) is 58.2 Å². The molecule has 0 fully saturated rings. The molecular weight excluding hydrogens is 302 g/mol. The summed E-state index contributed by atoms with van der Waals surface area (Å²) in [5, 5.41) is 5.24. The Morgan fingerprint density at radius 2 is 1.70 bits per heavy atom. The molecule has 23 heavy (non-hydrogen) atoms. The fraction of sp³-hybridized carbons (Fsp3) is 0.176. The smallest absolute Gasteiger partial charge is 0.251 e. The van der Waals surface area contributed by atoms with Crippen molar-refractivity contribution >= 4 is 17.5 Å². The Kier molecular flexibility index (Phi) is 5.05. The largest absolute Gasteiger partial charge is 0.345 e. The lowest BCUT2D eigenvalue weighted by Gasteiger charge is -2.15. The van der Waals surface area contributed by atoms with Crippen LogP contribution in [0.25, 0.3) is 0 Å². The number of nitrogens with one attached hydrogen (secondary N) is 2. The van der Waals surface area contributed by atoms with Crippen molar-refractivity contribution in [3.8, 4) is 0 Å². The predicted octanol–water partition coefficient (Wildman–Crippen LogP) is 3.41. The highest BCUT2D eigenvalue weighted by Crippen LogP contribution is 2.18. The second kappa shape index (κ2) is 7.00.